The van der Waals surface area contributed by atoms with Crippen LogP contribution in [0.1, 0.15) is 29.7 Å². The van der Waals surface area contributed by atoms with Crippen LogP contribution in [0.5, 0.6) is 5.75 Å². The standard InChI is InChI=1S/C17H21NO/c1-11-9-14(10-12(2)17(11)19-4)16-8-6-5-7-15(16)13(3)18/h5-10,13H,18H2,1-4H3. The van der Waals surface area contributed by atoms with Crippen molar-refractivity contribution in [3.63, 3.8) is 0 Å². The van der Waals surface area contributed by atoms with Gasteiger partial charge in [0.2, 0.25) is 0 Å². The first-order valence-electron chi connectivity index (χ1n) is 6.54. The molecule has 0 spiro atoms. The van der Waals surface area contributed by atoms with Crippen molar-refractivity contribution in [3.8, 4) is 16.9 Å². The first-order chi connectivity index (χ1) is 9.04. The molecule has 0 fully saturated rings. The minimum Gasteiger partial charge on any atom is -0.496 e. The van der Waals surface area contributed by atoms with Gasteiger partial charge in [0, 0.05) is 6.04 Å². The third-order valence-electron chi connectivity index (χ3n) is 3.43. The van der Waals surface area contributed by atoms with Crippen molar-refractivity contribution in [1.82, 2.24) is 0 Å². The Morgan fingerprint density at radius 1 is 1.05 bits per heavy atom. The van der Waals surface area contributed by atoms with Gasteiger partial charge in [-0.25, -0.2) is 0 Å². The molecule has 0 amide bonds. The molecule has 19 heavy (non-hydrogen) atoms. The molecule has 0 saturated heterocycles. The fraction of sp³-hybridized carbons (Fsp3) is 0.294. The Balaban J connectivity index is 2.60. The van der Waals surface area contributed by atoms with Gasteiger partial charge in [-0.1, -0.05) is 24.3 Å². The molecule has 1 unspecified atom stereocenters. The summed E-state index contributed by atoms with van der Waals surface area (Å²) >= 11 is 0. The average Bonchev–Trinajstić information content (AvgIpc) is 2.38. The van der Waals surface area contributed by atoms with E-state index in [0.29, 0.717) is 0 Å². The zero-order chi connectivity index (χ0) is 14.0. The van der Waals surface area contributed by atoms with Crippen LogP contribution in [0.3, 0.4) is 0 Å². The van der Waals surface area contributed by atoms with Gasteiger partial charge in [-0.3, -0.25) is 0 Å². The lowest BCUT2D eigenvalue weighted by Gasteiger charge is -2.16. The molecular formula is C17H21NO. The number of aryl methyl sites for hydroxylation is 2. The monoisotopic (exact) mass is 255 g/mol. The summed E-state index contributed by atoms with van der Waals surface area (Å²) in [5.74, 6) is 0.960. The van der Waals surface area contributed by atoms with E-state index in [1.54, 1.807) is 7.11 Å². The fourth-order valence-electron chi connectivity index (χ4n) is 2.58. The number of benzene rings is 2. The van der Waals surface area contributed by atoms with Crippen molar-refractivity contribution in [2.45, 2.75) is 26.8 Å². The van der Waals surface area contributed by atoms with E-state index in [-0.39, 0.29) is 6.04 Å². The number of ether oxygens (including phenoxy) is 1. The highest BCUT2D eigenvalue weighted by Crippen LogP contribution is 2.33. The van der Waals surface area contributed by atoms with Crippen LogP contribution in [0, 0.1) is 13.8 Å². The predicted octanol–water partition coefficient (Wildman–Crippen LogP) is 4.00. The van der Waals surface area contributed by atoms with E-state index in [1.165, 1.54) is 16.7 Å². The van der Waals surface area contributed by atoms with Crippen LogP contribution < -0.4 is 10.5 Å². The van der Waals surface area contributed by atoms with Gasteiger partial charge in [0.15, 0.2) is 0 Å². The van der Waals surface area contributed by atoms with Crippen molar-refractivity contribution in [2.24, 2.45) is 5.73 Å². The molecule has 2 rings (SSSR count). The lowest BCUT2D eigenvalue weighted by molar-refractivity contribution is 0.408. The molecule has 2 heteroatoms. The Hall–Kier alpha value is -1.80. The first-order valence-corrected chi connectivity index (χ1v) is 6.54. The van der Waals surface area contributed by atoms with Crippen molar-refractivity contribution < 1.29 is 4.74 Å². The number of nitrogens with two attached hydrogens (primary N) is 1. The van der Waals surface area contributed by atoms with Crippen molar-refractivity contribution >= 4 is 0 Å². The number of hydrogen-bond acceptors (Lipinski definition) is 2. The predicted molar refractivity (Wildman–Crippen MR) is 80.5 cm³/mol. The van der Waals surface area contributed by atoms with Gasteiger partial charge in [-0.05, 0) is 60.7 Å². The van der Waals surface area contributed by atoms with Crippen molar-refractivity contribution in [2.75, 3.05) is 7.11 Å². The summed E-state index contributed by atoms with van der Waals surface area (Å²) in [4.78, 5) is 0. The molecule has 2 N–H and O–H groups in total. The number of rotatable bonds is 3. The summed E-state index contributed by atoms with van der Waals surface area (Å²) in [5, 5.41) is 0. The lowest BCUT2D eigenvalue weighted by atomic mass is 9.93. The Labute approximate surface area is 115 Å². The third kappa shape index (κ3) is 2.64. The maximum absolute atomic E-state index is 6.06. The Morgan fingerprint density at radius 2 is 1.63 bits per heavy atom. The van der Waals surface area contributed by atoms with Gasteiger partial charge >= 0.3 is 0 Å². The Bertz CT molecular complexity index is 565. The van der Waals surface area contributed by atoms with Gasteiger partial charge < -0.3 is 10.5 Å². The summed E-state index contributed by atoms with van der Waals surface area (Å²) in [6.07, 6.45) is 0. The highest BCUT2D eigenvalue weighted by atomic mass is 16.5. The molecule has 0 aromatic heterocycles. The maximum atomic E-state index is 6.06. The molecule has 0 aliphatic heterocycles. The molecule has 0 bridgehead atoms. The van der Waals surface area contributed by atoms with Crippen molar-refractivity contribution in [3.05, 3.63) is 53.1 Å². The smallest absolute Gasteiger partial charge is 0.124 e. The lowest BCUT2D eigenvalue weighted by Crippen LogP contribution is -2.06. The van der Waals surface area contributed by atoms with Crippen LogP contribution in [-0.4, -0.2) is 7.11 Å². The summed E-state index contributed by atoms with van der Waals surface area (Å²) < 4.78 is 5.42. The van der Waals surface area contributed by atoms with Crippen LogP contribution in [-0.2, 0) is 0 Å². The summed E-state index contributed by atoms with van der Waals surface area (Å²) in [6.45, 7) is 6.16. The Morgan fingerprint density at radius 3 is 2.16 bits per heavy atom. The molecule has 0 aliphatic rings. The molecule has 0 heterocycles. The topological polar surface area (TPSA) is 35.2 Å². The average molecular weight is 255 g/mol. The Kier molecular flexibility index (Phi) is 3.91. The number of hydrogen-bond donors (Lipinski definition) is 1. The van der Waals surface area contributed by atoms with Crippen LogP contribution in [0.25, 0.3) is 11.1 Å². The minimum atomic E-state index is 0.0268. The SMILES string of the molecule is COc1c(C)cc(-c2ccccc2C(C)N)cc1C. The quantitative estimate of drug-likeness (QED) is 0.899. The largest absolute Gasteiger partial charge is 0.496 e. The third-order valence-corrected chi connectivity index (χ3v) is 3.43. The summed E-state index contributed by atoms with van der Waals surface area (Å²) in [7, 11) is 1.71. The second kappa shape index (κ2) is 5.45. The minimum absolute atomic E-state index is 0.0268. The highest BCUT2D eigenvalue weighted by Gasteiger charge is 2.11. The van der Waals surface area contributed by atoms with E-state index in [4.69, 9.17) is 10.5 Å². The molecule has 2 nitrogen and oxygen atoms in total. The van der Waals surface area contributed by atoms with E-state index in [9.17, 15) is 0 Å². The normalized spacial score (nSPS) is 12.3. The van der Waals surface area contributed by atoms with E-state index >= 15 is 0 Å². The molecule has 0 saturated carbocycles. The second-order valence-corrected chi connectivity index (χ2v) is 5.02. The molecule has 0 radical (unpaired) electrons. The van der Waals surface area contributed by atoms with E-state index in [1.807, 2.05) is 13.0 Å². The van der Waals surface area contributed by atoms with E-state index < -0.39 is 0 Å². The zero-order valence-electron chi connectivity index (χ0n) is 12.0. The van der Waals surface area contributed by atoms with Crippen LogP contribution in [0.4, 0.5) is 0 Å². The molecular weight excluding hydrogens is 234 g/mol. The second-order valence-electron chi connectivity index (χ2n) is 5.02. The van der Waals surface area contributed by atoms with Crippen LogP contribution in [0.2, 0.25) is 0 Å². The zero-order valence-corrected chi connectivity index (χ0v) is 12.0. The number of methoxy groups -OCH3 is 1. The first kappa shape index (κ1) is 13.6. The molecule has 0 aliphatic carbocycles. The summed E-state index contributed by atoms with van der Waals surface area (Å²) in [6, 6.07) is 12.6. The van der Waals surface area contributed by atoms with Crippen LogP contribution >= 0.6 is 0 Å². The highest BCUT2D eigenvalue weighted by molar-refractivity contribution is 5.71. The molecule has 1 atom stereocenters. The van der Waals surface area contributed by atoms with Gasteiger partial charge in [0.05, 0.1) is 7.11 Å². The fourth-order valence-corrected chi connectivity index (χ4v) is 2.58. The van der Waals surface area contributed by atoms with Crippen LogP contribution in [0.15, 0.2) is 36.4 Å². The van der Waals surface area contributed by atoms with Gasteiger partial charge in [0.1, 0.15) is 5.75 Å². The van der Waals surface area contributed by atoms with Gasteiger partial charge in [-0.2, -0.15) is 0 Å². The molecule has 2 aromatic carbocycles. The summed E-state index contributed by atoms with van der Waals surface area (Å²) in [5.41, 5.74) is 11.9. The van der Waals surface area contributed by atoms with Crippen molar-refractivity contribution in [1.29, 1.82) is 0 Å². The maximum Gasteiger partial charge on any atom is 0.124 e. The molecule has 2 aromatic rings. The van der Waals surface area contributed by atoms with Gasteiger partial charge in [0.25, 0.3) is 0 Å². The van der Waals surface area contributed by atoms with E-state index in [0.717, 1.165) is 16.9 Å². The van der Waals surface area contributed by atoms with E-state index in [2.05, 4.69) is 44.2 Å². The molecule has 100 valence electrons. The van der Waals surface area contributed by atoms with Gasteiger partial charge in [-0.15, -0.1) is 0 Å².